The van der Waals surface area contributed by atoms with Gasteiger partial charge in [-0.25, -0.2) is 4.68 Å². The number of nitrogen functional groups attached to an aromatic ring is 1. The molecule has 2 aromatic heterocycles. The van der Waals surface area contributed by atoms with Gasteiger partial charge in [0.1, 0.15) is 22.8 Å². The highest BCUT2D eigenvalue weighted by Gasteiger charge is 2.25. The van der Waals surface area contributed by atoms with Crippen LogP contribution in [0, 0.1) is 6.92 Å². The lowest BCUT2D eigenvalue weighted by Crippen LogP contribution is -2.15. The molecule has 3 rings (SSSR count). The summed E-state index contributed by atoms with van der Waals surface area (Å²) in [6.45, 7) is 5.84. The zero-order chi connectivity index (χ0) is 17.4. The van der Waals surface area contributed by atoms with Crippen molar-refractivity contribution in [2.24, 2.45) is 5.73 Å². The van der Waals surface area contributed by atoms with Crippen molar-refractivity contribution in [3.63, 3.8) is 0 Å². The fraction of sp³-hybridized carbons (Fsp3) is 0.235. The largest absolute Gasteiger partial charge is 0.383 e. The third kappa shape index (κ3) is 2.64. The summed E-state index contributed by atoms with van der Waals surface area (Å²) >= 11 is 0. The minimum absolute atomic E-state index is 0.0136. The van der Waals surface area contributed by atoms with Crippen molar-refractivity contribution in [3.05, 3.63) is 41.5 Å². The fourth-order valence-corrected chi connectivity index (χ4v) is 2.50. The maximum Gasteiger partial charge on any atom is 0.254 e. The number of hydrogen-bond donors (Lipinski definition) is 2. The first kappa shape index (κ1) is 15.8. The SMILES string of the molecule is Cc1ccc(-c2cc(-c3nn(C(C)C)c(N)c3C(N)=O)no2)cc1. The number of aryl methyl sites for hydroxylation is 1. The van der Waals surface area contributed by atoms with Crippen LogP contribution in [-0.2, 0) is 0 Å². The molecule has 0 bridgehead atoms. The number of carbonyl (C=O) groups excluding carboxylic acids is 1. The quantitative estimate of drug-likeness (QED) is 0.765. The zero-order valence-corrected chi connectivity index (χ0v) is 13.8. The molecule has 0 aliphatic carbocycles. The average molecular weight is 325 g/mol. The highest BCUT2D eigenvalue weighted by molar-refractivity contribution is 6.03. The number of nitrogens with two attached hydrogens (primary N) is 2. The van der Waals surface area contributed by atoms with Crippen molar-refractivity contribution in [2.45, 2.75) is 26.8 Å². The number of primary amides is 1. The van der Waals surface area contributed by atoms with Crippen LogP contribution < -0.4 is 11.5 Å². The summed E-state index contributed by atoms with van der Waals surface area (Å²) in [4.78, 5) is 11.8. The van der Waals surface area contributed by atoms with E-state index in [9.17, 15) is 4.79 Å². The van der Waals surface area contributed by atoms with Gasteiger partial charge in [0.15, 0.2) is 5.76 Å². The number of hydrogen-bond acceptors (Lipinski definition) is 5. The van der Waals surface area contributed by atoms with E-state index in [2.05, 4.69) is 10.3 Å². The molecule has 0 atom stereocenters. The molecule has 7 nitrogen and oxygen atoms in total. The maximum atomic E-state index is 11.8. The van der Waals surface area contributed by atoms with Gasteiger partial charge < -0.3 is 16.0 Å². The Labute approximate surface area is 139 Å². The van der Waals surface area contributed by atoms with E-state index >= 15 is 0 Å². The molecule has 7 heteroatoms. The second kappa shape index (κ2) is 5.84. The monoisotopic (exact) mass is 325 g/mol. The molecule has 0 spiro atoms. The molecule has 0 aliphatic rings. The summed E-state index contributed by atoms with van der Waals surface area (Å²) < 4.78 is 6.95. The normalized spacial score (nSPS) is 11.2. The van der Waals surface area contributed by atoms with Crippen molar-refractivity contribution in [1.82, 2.24) is 14.9 Å². The van der Waals surface area contributed by atoms with E-state index in [1.54, 1.807) is 10.7 Å². The first-order valence-electron chi connectivity index (χ1n) is 7.60. The molecule has 0 aliphatic heterocycles. The van der Waals surface area contributed by atoms with E-state index in [0.717, 1.165) is 11.1 Å². The van der Waals surface area contributed by atoms with Crippen molar-refractivity contribution in [1.29, 1.82) is 0 Å². The Balaban J connectivity index is 2.08. The third-order valence-electron chi connectivity index (χ3n) is 3.77. The van der Waals surface area contributed by atoms with Gasteiger partial charge in [0.05, 0.1) is 0 Å². The molecule has 2 heterocycles. The van der Waals surface area contributed by atoms with Gasteiger partial charge in [-0.15, -0.1) is 0 Å². The van der Waals surface area contributed by atoms with Crippen LogP contribution >= 0.6 is 0 Å². The van der Waals surface area contributed by atoms with E-state index in [4.69, 9.17) is 16.0 Å². The standard InChI is InChI=1S/C17H19N5O2/c1-9(2)22-16(18)14(17(19)23)15(20-22)12-8-13(24-21-12)11-6-4-10(3)5-7-11/h4-9H,18H2,1-3H3,(H2,19,23). The molecule has 0 saturated heterocycles. The van der Waals surface area contributed by atoms with E-state index in [-0.39, 0.29) is 17.4 Å². The molecule has 1 aromatic carbocycles. The number of amides is 1. The van der Waals surface area contributed by atoms with Crippen LogP contribution in [0.2, 0.25) is 0 Å². The summed E-state index contributed by atoms with van der Waals surface area (Å²) in [7, 11) is 0. The lowest BCUT2D eigenvalue weighted by Gasteiger charge is -2.06. The second-order valence-corrected chi connectivity index (χ2v) is 5.95. The van der Waals surface area contributed by atoms with Crippen LogP contribution in [0.4, 0.5) is 5.82 Å². The smallest absolute Gasteiger partial charge is 0.254 e. The molecule has 0 unspecified atom stereocenters. The summed E-state index contributed by atoms with van der Waals surface area (Å²) in [5, 5.41) is 8.42. The molecule has 124 valence electrons. The number of anilines is 1. The highest BCUT2D eigenvalue weighted by atomic mass is 16.5. The van der Waals surface area contributed by atoms with E-state index < -0.39 is 5.91 Å². The minimum atomic E-state index is -0.644. The Morgan fingerprint density at radius 3 is 2.50 bits per heavy atom. The van der Waals surface area contributed by atoms with Crippen LogP contribution in [0.25, 0.3) is 22.7 Å². The van der Waals surface area contributed by atoms with Crippen molar-refractivity contribution < 1.29 is 9.32 Å². The van der Waals surface area contributed by atoms with Crippen LogP contribution in [-0.4, -0.2) is 20.8 Å². The van der Waals surface area contributed by atoms with Gasteiger partial charge in [-0.2, -0.15) is 5.10 Å². The Kier molecular flexibility index (Phi) is 3.84. The predicted molar refractivity (Wildman–Crippen MR) is 91.2 cm³/mol. The number of carbonyl (C=O) groups is 1. The Bertz CT molecular complexity index is 890. The summed E-state index contributed by atoms with van der Waals surface area (Å²) in [6.07, 6.45) is 0. The van der Waals surface area contributed by atoms with Gasteiger partial charge in [0, 0.05) is 17.7 Å². The van der Waals surface area contributed by atoms with Crippen LogP contribution in [0.3, 0.4) is 0 Å². The first-order chi connectivity index (χ1) is 11.4. The number of nitrogens with zero attached hydrogens (tertiary/aromatic N) is 3. The van der Waals surface area contributed by atoms with Crippen LogP contribution in [0.15, 0.2) is 34.9 Å². The summed E-state index contributed by atoms with van der Waals surface area (Å²) in [6, 6.07) is 9.56. The van der Waals surface area contributed by atoms with Crippen LogP contribution in [0.1, 0.15) is 35.8 Å². The number of benzene rings is 1. The lowest BCUT2D eigenvalue weighted by molar-refractivity contribution is 0.100. The molecule has 4 N–H and O–H groups in total. The van der Waals surface area contributed by atoms with Crippen molar-refractivity contribution in [2.75, 3.05) is 5.73 Å². The maximum absolute atomic E-state index is 11.8. The average Bonchev–Trinajstić information content (AvgIpc) is 3.12. The molecule has 0 saturated carbocycles. The third-order valence-corrected chi connectivity index (χ3v) is 3.77. The zero-order valence-electron chi connectivity index (χ0n) is 13.8. The van der Waals surface area contributed by atoms with E-state index in [1.165, 1.54) is 0 Å². The van der Waals surface area contributed by atoms with Crippen LogP contribution in [0.5, 0.6) is 0 Å². The molecule has 3 aromatic rings. The molecular formula is C17H19N5O2. The topological polar surface area (TPSA) is 113 Å². The van der Waals surface area contributed by atoms with E-state index in [1.807, 2.05) is 45.0 Å². The predicted octanol–water partition coefficient (Wildman–Crippen LogP) is 2.78. The second-order valence-electron chi connectivity index (χ2n) is 5.95. The highest BCUT2D eigenvalue weighted by Crippen LogP contribution is 2.31. The van der Waals surface area contributed by atoms with Gasteiger partial charge in [0.25, 0.3) is 5.91 Å². The van der Waals surface area contributed by atoms with Gasteiger partial charge in [-0.1, -0.05) is 35.0 Å². The molecule has 24 heavy (non-hydrogen) atoms. The van der Waals surface area contributed by atoms with Gasteiger partial charge in [-0.05, 0) is 20.8 Å². The fourth-order valence-electron chi connectivity index (χ4n) is 2.50. The molecule has 1 amide bonds. The van der Waals surface area contributed by atoms with Gasteiger partial charge >= 0.3 is 0 Å². The number of aromatic nitrogens is 3. The molecular weight excluding hydrogens is 306 g/mol. The Hall–Kier alpha value is -3.09. The molecule has 0 radical (unpaired) electrons. The minimum Gasteiger partial charge on any atom is -0.383 e. The van der Waals surface area contributed by atoms with Crippen molar-refractivity contribution in [3.8, 4) is 22.7 Å². The Morgan fingerprint density at radius 1 is 1.25 bits per heavy atom. The van der Waals surface area contributed by atoms with Gasteiger partial charge in [0.2, 0.25) is 0 Å². The molecule has 0 fully saturated rings. The van der Waals surface area contributed by atoms with E-state index in [0.29, 0.717) is 17.1 Å². The number of rotatable bonds is 4. The summed E-state index contributed by atoms with van der Waals surface area (Å²) in [5.41, 5.74) is 14.4. The lowest BCUT2D eigenvalue weighted by atomic mass is 10.1. The van der Waals surface area contributed by atoms with Gasteiger partial charge in [-0.3, -0.25) is 4.79 Å². The first-order valence-corrected chi connectivity index (χ1v) is 7.60. The Morgan fingerprint density at radius 2 is 1.92 bits per heavy atom. The van der Waals surface area contributed by atoms with Crippen molar-refractivity contribution >= 4 is 11.7 Å². The summed E-state index contributed by atoms with van der Waals surface area (Å²) in [5.74, 6) is 0.166.